The first kappa shape index (κ1) is 11.9. The SMILES string of the molecule is CC(=O)CC(=O)N1C(=O)O[C@H]2c3ccccc3C[C@H]21. The van der Waals surface area contributed by atoms with Gasteiger partial charge in [-0.1, -0.05) is 24.3 Å². The van der Waals surface area contributed by atoms with Gasteiger partial charge in [0, 0.05) is 0 Å². The number of fused-ring (bicyclic) bond motifs is 3. The Morgan fingerprint density at radius 2 is 2.11 bits per heavy atom. The lowest BCUT2D eigenvalue weighted by Gasteiger charge is -2.17. The van der Waals surface area contributed by atoms with Crippen LogP contribution in [0, 0.1) is 0 Å². The quantitative estimate of drug-likeness (QED) is 0.757. The maximum Gasteiger partial charge on any atom is 0.417 e. The van der Waals surface area contributed by atoms with Gasteiger partial charge < -0.3 is 4.74 Å². The first-order valence-electron chi connectivity index (χ1n) is 6.18. The summed E-state index contributed by atoms with van der Waals surface area (Å²) in [6.07, 6.45) is -0.694. The molecule has 1 aliphatic heterocycles. The number of nitrogens with zero attached hydrogens (tertiary/aromatic N) is 1. The van der Waals surface area contributed by atoms with Crippen LogP contribution in [0.25, 0.3) is 0 Å². The Morgan fingerprint density at radius 1 is 1.37 bits per heavy atom. The highest BCUT2D eigenvalue weighted by molar-refractivity contribution is 6.03. The number of benzene rings is 1. The summed E-state index contributed by atoms with van der Waals surface area (Å²) in [6, 6.07) is 7.37. The lowest BCUT2D eigenvalue weighted by atomic mass is 10.1. The summed E-state index contributed by atoms with van der Waals surface area (Å²) < 4.78 is 5.28. The van der Waals surface area contributed by atoms with Gasteiger partial charge in [0.15, 0.2) is 6.10 Å². The molecular weight excluding hydrogens is 246 g/mol. The van der Waals surface area contributed by atoms with Gasteiger partial charge in [0.05, 0.1) is 12.5 Å². The number of rotatable bonds is 2. The van der Waals surface area contributed by atoms with Crippen LogP contribution in [-0.4, -0.2) is 28.7 Å². The summed E-state index contributed by atoms with van der Waals surface area (Å²) in [5.74, 6) is -0.727. The van der Waals surface area contributed by atoms with E-state index in [0.717, 1.165) is 16.0 Å². The van der Waals surface area contributed by atoms with Gasteiger partial charge in [-0.2, -0.15) is 0 Å². The van der Waals surface area contributed by atoms with E-state index in [1.165, 1.54) is 6.92 Å². The highest BCUT2D eigenvalue weighted by Crippen LogP contribution is 2.42. The van der Waals surface area contributed by atoms with Crippen molar-refractivity contribution in [2.24, 2.45) is 0 Å². The number of carbonyl (C=O) groups is 3. The van der Waals surface area contributed by atoms with Crippen LogP contribution in [0.2, 0.25) is 0 Å². The fourth-order valence-electron chi connectivity index (χ4n) is 2.79. The monoisotopic (exact) mass is 259 g/mol. The largest absolute Gasteiger partial charge is 0.439 e. The van der Waals surface area contributed by atoms with Crippen molar-refractivity contribution in [1.82, 2.24) is 4.90 Å². The molecule has 1 aromatic carbocycles. The zero-order valence-electron chi connectivity index (χ0n) is 10.5. The van der Waals surface area contributed by atoms with Gasteiger partial charge in [0.2, 0.25) is 5.91 Å². The van der Waals surface area contributed by atoms with E-state index in [1.807, 2.05) is 24.3 Å². The van der Waals surface area contributed by atoms with Gasteiger partial charge in [-0.3, -0.25) is 9.59 Å². The number of Topliss-reactive ketones (excluding diaryl/α,β-unsaturated/α-hetero) is 1. The van der Waals surface area contributed by atoms with Gasteiger partial charge in [-0.15, -0.1) is 0 Å². The van der Waals surface area contributed by atoms with E-state index >= 15 is 0 Å². The Labute approximate surface area is 110 Å². The molecule has 5 heteroatoms. The topological polar surface area (TPSA) is 63.7 Å². The maximum atomic E-state index is 12.0. The summed E-state index contributed by atoms with van der Waals surface area (Å²) in [7, 11) is 0. The molecule has 1 heterocycles. The van der Waals surface area contributed by atoms with Crippen LogP contribution >= 0.6 is 0 Å². The molecule has 0 aromatic heterocycles. The molecule has 1 aromatic rings. The van der Waals surface area contributed by atoms with E-state index in [1.54, 1.807) is 0 Å². The van der Waals surface area contributed by atoms with Crippen LogP contribution in [0.5, 0.6) is 0 Å². The molecule has 19 heavy (non-hydrogen) atoms. The third-order valence-electron chi connectivity index (χ3n) is 3.57. The number of hydrogen-bond donors (Lipinski definition) is 0. The molecule has 2 atom stereocenters. The molecule has 0 radical (unpaired) electrons. The Kier molecular flexibility index (Phi) is 2.62. The Balaban J connectivity index is 1.89. The molecule has 0 spiro atoms. The molecular formula is C14H13NO4. The zero-order chi connectivity index (χ0) is 13.6. The molecule has 0 N–H and O–H groups in total. The molecule has 0 unspecified atom stereocenters. The minimum Gasteiger partial charge on any atom is -0.439 e. The lowest BCUT2D eigenvalue weighted by molar-refractivity contribution is -0.133. The van der Waals surface area contributed by atoms with Crippen molar-refractivity contribution in [2.75, 3.05) is 0 Å². The van der Waals surface area contributed by atoms with Crippen LogP contribution in [0.3, 0.4) is 0 Å². The minimum atomic E-state index is -0.643. The van der Waals surface area contributed by atoms with Crippen molar-refractivity contribution >= 4 is 17.8 Å². The fourth-order valence-corrected chi connectivity index (χ4v) is 2.79. The van der Waals surface area contributed by atoms with E-state index < -0.39 is 12.0 Å². The first-order valence-corrected chi connectivity index (χ1v) is 6.18. The van der Waals surface area contributed by atoms with E-state index in [2.05, 4.69) is 0 Å². The average molecular weight is 259 g/mol. The standard InChI is InChI=1S/C14H13NO4/c1-8(16)6-12(17)15-11-7-9-4-2-3-5-10(9)13(11)19-14(15)18/h2-5,11,13H,6-7H2,1H3/t11-,13+/m1/s1. The first-order chi connectivity index (χ1) is 9.08. The number of carbonyl (C=O) groups excluding carboxylic acids is 3. The van der Waals surface area contributed by atoms with E-state index in [0.29, 0.717) is 6.42 Å². The van der Waals surface area contributed by atoms with Crippen LogP contribution in [0.1, 0.15) is 30.6 Å². The second-order valence-corrected chi connectivity index (χ2v) is 4.92. The fraction of sp³-hybridized carbons (Fsp3) is 0.357. The number of ether oxygens (including phenoxy) is 1. The summed E-state index contributed by atoms with van der Waals surface area (Å²) in [6.45, 7) is 1.33. The highest BCUT2D eigenvalue weighted by atomic mass is 16.6. The van der Waals surface area contributed by atoms with Gasteiger partial charge in [0.1, 0.15) is 5.78 Å². The molecule has 1 saturated heterocycles. The van der Waals surface area contributed by atoms with Crippen LogP contribution in [0.4, 0.5) is 4.79 Å². The number of amides is 2. The third-order valence-corrected chi connectivity index (χ3v) is 3.57. The lowest BCUT2D eigenvalue weighted by Crippen LogP contribution is -2.39. The van der Waals surface area contributed by atoms with E-state index in [-0.39, 0.29) is 24.3 Å². The third kappa shape index (κ3) is 1.82. The average Bonchev–Trinajstić information content (AvgIpc) is 2.82. The Bertz CT molecular complexity index is 581. The normalized spacial score (nSPS) is 23.8. The van der Waals surface area contributed by atoms with Gasteiger partial charge in [0.25, 0.3) is 0 Å². The molecule has 98 valence electrons. The van der Waals surface area contributed by atoms with Gasteiger partial charge in [-0.05, 0) is 24.5 Å². The summed E-state index contributed by atoms with van der Waals surface area (Å²) >= 11 is 0. The molecule has 2 aliphatic rings. The van der Waals surface area contributed by atoms with Crippen molar-refractivity contribution < 1.29 is 19.1 Å². The summed E-state index contributed by atoms with van der Waals surface area (Å²) in [5, 5.41) is 0. The number of ketones is 1. The Morgan fingerprint density at radius 3 is 2.84 bits per heavy atom. The van der Waals surface area contributed by atoms with Gasteiger partial charge >= 0.3 is 6.09 Å². The van der Waals surface area contributed by atoms with Crippen molar-refractivity contribution in [3.63, 3.8) is 0 Å². The van der Waals surface area contributed by atoms with Crippen molar-refractivity contribution in [2.45, 2.75) is 31.9 Å². The predicted molar refractivity (Wildman–Crippen MR) is 65.3 cm³/mol. The molecule has 0 bridgehead atoms. The highest BCUT2D eigenvalue weighted by Gasteiger charge is 2.50. The molecule has 1 aliphatic carbocycles. The molecule has 2 amide bonds. The summed E-state index contributed by atoms with van der Waals surface area (Å²) in [4.78, 5) is 35.9. The van der Waals surface area contributed by atoms with Gasteiger partial charge in [-0.25, -0.2) is 9.69 Å². The number of hydrogen-bond acceptors (Lipinski definition) is 4. The van der Waals surface area contributed by atoms with E-state index in [4.69, 9.17) is 4.74 Å². The smallest absolute Gasteiger partial charge is 0.417 e. The zero-order valence-corrected chi connectivity index (χ0v) is 10.5. The number of imide groups is 1. The van der Waals surface area contributed by atoms with Crippen molar-refractivity contribution in [1.29, 1.82) is 0 Å². The second kappa shape index (κ2) is 4.19. The van der Waals surface area contributed by atoms with Crippen LogP contribution in [-0.2, 0) is 20.7 Å². The van der Waals surface area contributed by atoms with Crippen molar-refractivity contribution in [3.05, 3.63) is 35.4 Å². The van der Waals surface area contributed by atoms with Crippen LogP contribution < -0.4 is 0 Å². The second-order valence-electron chi connectivity index (χ2n) is 4.92. The molecule has 0 saturated carbocycles. The predicted octanol–water partition coefficient (Wildman–Crippen LogP) is 1.61. The maximum absolute atomic E-state index is 12.0. The minimum absolute atomic E-state index is 0.253. The van der Waals surface area contributed by atoms with E-state index in [9.17, 15) is 14.4 Å². The molecule has 1 fully saturated rings. The van der Waals surface area contributed by atoms with Crippen molar-refractivity contribution in [3.8, 4) is 0 Å². The summed E-state index contributed by atoms with van der Waals surface area (Å²) in [5.41, 5.74) is 2.05. The van der Waals surface area contributed by atoms with Crippen LogP contribution in [0.15, 0.2) is 24.3 Å². The Hall–Kier alpha value is -2.17. The molecule has 5 nitrogen and oxygen atoms in total. The molecule has 3 rings (SSSR count).